The highest BCUT2D eigenvalue weighted by atomic mass is 19.1. The van der Waals surface area contributed by atoms with Gasteiger partial charge in [-0.25, -0.2) is 9.37 Å². The van der Waals surface area contributed by atoms with Crippen molar-refractivity contribution < 1.29 is 37.6 Å². The predicted octanol–water partition coefficient (Wildman–Crippen LogP) is 12.5. The van der Waals surface area contributed by atoms with E-state index >= 15 is 0 Å². The Balaban J connectivity index is 0.000000156. The zero-order chi connectivity index (χ0) is 64.5. The van der Waals surface area contributed by atoms with E-state index in [4.69, 9.17) is 33.7 Å². The Bertz CT molecular complexity index is 5320. The molecule has 0 radical (unpaired) electrons. The van der Waals surface area contributed by atoms with Gasteiger partial charge >= 0.3 is 0 Å². The summed E-state index contributed by atoms with van der Waals surface area (Å²) in [6, 6.07) is 52.7. The standard InChI is InChI=1S/C24H20N6O3.C23H15FN6O2.C21H16N6O2.3CH4/c1-25-24(31)16-5-3-15(4-6-16)19-9-10-22-27-28-23(30(22)29-19)14-33-21-11-12-26-20-13-17(32-2)7-8-18(20)21;1-31-16-4-5-17-20(11-16)26-9-8-21(17)32-13-23-28-27-22-7-6-19(29-30(22)23)14-2-3-15(12-25)18(24)10-14;1-28-15-11-17-21(23-12-15)18(9-10-22-17)29-13-20-25-24-19-8-7-16(26-27(19)20)14-5-3-2-4-6-14;;;/h3-13H,14H2,1-2H3,(H,25,31);2-11H,13H2,1H3;2-12H,13H2,1H3;3*1H4. The van der Waals surface area contributed by atoms with Gasteiger partial charge in [0.2, 0.25) is 0 Å². The zero-order valence-electron chi connectivity index (χ0n) is 50.4. The van der Waals surface area contributed by atoms with E-state index in [0.29, 0.717) is 91.0 Å². The first-order valence-corrected chi connectivity index (χ1v) is 28.9. The minimum Gasteiger partial charge on any atom is -0.497 e. The SMILES string of the molecule is C.C.C.CNC(=O)c1ccc(-c2ccc3nnc(COc4ccnc5cc(OC)ccc45)n3n2)cc1.COc1ccc2c(OCc3nnc4ccc(-c5ccc(C#N)c(F)c5)nn34)ccnc2c1.COc1cnc2c(OCc3nnc4ccc(-c5ccccc5)nn34)ccnc2c1. The molecule has 486 valence electrons. The molecular weight excluding hydrogens is 1240 g/mol. The maximum Gasteiger partial charge on any atom is 0.251 e. The number of fused-ring (bicyclic) bond motifs is 6. The van der Waals surface area contributed by atoms with Gasteiger partial charge in [-0.1, -0.05) is 70.8 Å². The molecule has 0 fully saturated rings. The molecular formula is C71H63FN18O7. The van der Waals surface area contributed by atoms with Crippen LogP contribution in [0.3, 0.4) is 0 Å². The fourth-order valence-corrected chi connectivity index (χ4v) is 9.89. The molecule has 0 aliphatic heterocycles. The molecule has 0 atom stereocenters. The number of nitrogens with zero attached hydrogens (tertiary/aromatic N) is 17. The van der Waals surface area contributed by atoms with Crippen LogP contribution in [0.15, 0.2) is 195 Å². The van der Waals surface area contributed by atoms with Gasteiger partial charge in [-0.05, 0) is 97.1 Å². The lowest BCUT2D eigenvalue weighted by Gasteiger charge is -2.09. The van der Waals surface area contributed by atoms with Gasteiger partial charge < -0.3 is 33.7 Å². The van der Waals surface area contributed by atoms with Crippen molar-refractivity contribution in [3.63, 3.8) is 0 Å². The predicted molar refractivity (Wildman–Crippen MR) is 363 cm³/mol. The van der Waals surface area contributed by atoms with Gasteiger partial charge in [-0.15, -0.1) is 30.6 Å². The molecule has 26 heteroatoms. The summed E-state index contributed by atoms with van der Waals surface area (Å²) in [7, 11) is 6.42. The molecule has 1 N–H and O–H groups in total. The molecule has 0 spiro atoms. The summed E-state index contributed by atoms with van der Waals surface area (Å²) in [5, 5.41) is 52.2. The summed E-state index contributed by atoms with van der Waals surface area (Å²) in [5.74, 6) is 4.91. The Labute approximate surface area is 554 Å². The largest absolute Gasteiger partial charge is 0.497 e. The zero-order valence-corrected chi connectivity index (χ0v) is 50.4. The molecule has 1 amide bonds. The van der Waals surface area contributed by atoms with E-state index in [-0.39, 0.29) is 53.6 Å². The van der Waals surface area contributed by atoms with Crippen molar-refractivity contribution in [3.05, 3.63) is 229 Å². The van der Waals surface area contributed by atoms with E-state index in [0.717, 1.165) is 50.1 Å². The minimum atomic E-state index is -0.597. The maximum absolute atomic E-state index is 14.0. The van der Waals surface area contributed by atoms with Crippen molar-refractivity contribution in [3.8, 4) is 74.3 Å². The number of nitriles is 1. The Hall–Kier alpha value is -13.2. The van der Waals surface area contributed by atoms with Crippen molar-refractivity contribution in [1.82, 2.24) is 84.7 Å². The van der Waals surface area contributed by atoms with E-state index in [1.807, 2.05) is 121 Å². The van der Waals surface area contributed by atoms with Crippen LogP contribution in [0.5, 0.6) is 34.5 Å². The van der Waals surface area contributed by atoms with E-state index < -0.39 is 5.82 Å². The number of nitrogens with one attached hydrogen (secondary N) is 1. The van der Waals surface area contributed by atoms with E-state index in [9.17, 15) is 9.18 Å². The Kier molecular flexibility index (Phi) is 20.7. The summed E-state index contributed by atoms with van der Waals surface area (Å²) in [6.07, 6.45) is 6.66. The van der Waals surface area contributed by atoms with Crippen LogP contribution in [0.2, 0.25) is 0 Å². The second kappa shape index (κ2) is 30.1. The number of methoxy groups -OCH3 is 3. The average molecular weight is 1300 g/mol. The first kappa shape index (κ1) is 66.7. The quantitative estimate of drug-likeness (QED) is 0.0940. The van der Waals surface area contributed by atoms with Crippen LogP contribution < -0.4 is 33.7 Å². The highest BCUT2D eigenvalue weighted by Gasteiger charge is 2.17. The number of halogens is 1. The van der Waals surface area contributed by atoms with Crippen molar-refractivity contribution in [2.45, 2.75) is 42.1 Å². The van der Waals surface area contributed by atoms with Gasteiger partial charge in [-0.3, -0.25) is 19.7 Å². The van der Waals surface area contributed by atoms with Crippen LogP contribution in [0, 0.1) is 17.1 Å². The number of ether oxygens (including phenoxy) is 6. The van der Waals surface area contributed by atoms with Gasteiger partial charge in [-0.2, -0.15) is 34.1 Å². The van der Waals surface area contributed by atoms with Crippen molar-refractivity contribution in [2.24, 2.45) is 0 Å². The molecule has 15 aromatic rings. The lowest BCUT2D eigenvalue weighted by atomic mass is 10.1. The lowest BCUT2D eigenvalue weighted by Crippen LogP contribution is -2.17. The first-order chi connectivity index (χ1) is 46.1. The van der Waals surface area contributed by atoms with E-state index in [1.54, 1.807) is 109 Å². The van der Waals surface area contributed by atoms with Crippen LogP contribution in [-0.2, 0) is 19.8 Å². The molecule has 0 aliphatic rings. The molecule has 0 saturated heterocycles. The molecule has 15 rings (SSSR count). The number of hydrogen-bond acceptors (Lipinski definition) is 21. The van der Waals surface area contributed by atoms with Gasteiger partial charge in [0.05, 0.1) is 66.7 Å². The molecule has 97 heavy (non-hydrogen) atoms. The third kappa shape index (κ3) is 14.4. The third-order valence-electron chi connectivity index (χ3n) is 14.7. The van der Waals surface area contributed by atoms with Gasteiger partial charge in [0.25, 0.3) is 5.91 Å². The summed E-state index contributed by atoms with van der Waals surface area (Å²) in [6.45, 7) is 0.488. The summed E-state index contributed by atoms with van der Waals surface area (Å²) >= 11 is 0. The molecule has 25 nitrogen and oxygen atoms in total. The number of amides is 1. The Morgan fingerprint density at radius 3 is 1.39 bits per heavy atom. The molecule has 0 saturated carbocycles. The molecule has 10 heterocycles. The highest BCUT2D eigenvalue weighted by Crippen LogP contribution is 2.31. The molecule has 5 aromatic carbocycles. The van der Waals surface area contributed by atoms with Crippen LogP contribution in [-0.4, -0.2) is 114 Å². The number of aromatic nitrogens is 16. The smallest absolute Gasteiger partial charge is 0.251 e. The number of pyridine rings is 4. The third-order valence-corrected chi connectivity index (χ3v) is 14.7. The second-order valence-electron chi connectivity index (χ2n) is 20.4. The number of carbonyl (C=O) groups excluding carboxylic acids is 1. The maximum atomic E-state index is 14.0. The van der Waals surface area contributed by atoms with Crippen molar-refractivity contribution in [2.75, 3.05) is 28.4 Å². The van der Waals surface area contributed by atoms with Gasteiger partial charge in [0, 0.05) is 82.9 Å². The topological polar surface area (TPSA) is 289 Å². The van der Waals surface area contributed by atoms with Gasteiger partial charge in [0.1, 0.15) is 71.7 Å². The number of benzene rings is 5. The molecule has 10 aromatic heterocycles. The van der Waals surface area contributed by atoms with Gasteiger partial charge in [0.15, 0.2) is 34.4 Å². The summed E-state index contributed by atoms with van der Waals surface area (Å²) in [5.41, 5.74) is 9.76. The fraction of sp³-hybridized carbons (Fsp3) is 0.141. The van der Waals surface area contributed by atoms with E-state index in [1.165, 1.54) is 12.1 Å². The Morgan fingerprint density at radius 2 is 0.918 bits per heavy atom. The molecule has 0 aliphatic carbocycles. The summed E-state index contributed by atoms with van der Waals surface area (Å²) < 4.78 is 52.7. The first-order valence-electron chi connectivity index (χ1n) is 28.9. The average Bonchev–Trinajstić information content (AvgIpc) is 1.76. The lowest BCUT2D eigenvalue weighted by molar-refractivity contribution is 0.0963. The van der Waals surface area contributed by atoms with Crippen molar-refractivity contribution in [1.29, 1.82) is 5.26 Å². The minimum absolute atomic E-state index is 0. The molecule has 0 bridgehead atoms. The summed E-state index contributed by atoms with van der Waals surface area (Å²) in [4.78, 5) is 29.2. The number of rotatable bonds is 16. The Morgan fingerprint density at radius 1 is 0.474 bits per heavy atom. The fourth-order valence-electron chi connectivity index (χ4n) is 9.89. The van der Waals surface area contributed by atoms with Crippen LogP contribution in [0.25, 0.3) is 83.6 Å². The highest BCUT2D eigenvalue weighted by molar-refractivity contribution is 5.94. The molecule has 0 unspecified atom stereocenters. The van der Waals surface area contributed by atoms with Crippen molar-refractivity contribution >= 4 is 55.7 Å². The number of carbonyl (C=O) groups is 1. The van der Waals surface area contributed by atoms with Crippen LogP contribution in [0.1, 0.15) is 55.7 Å². The van der Waals surface area contributed by atoms with Crippen LogP contribution in [0.4, 0.5) is 4.39 Å². The van der Waals surface area contributed by atoms with E-state index in [2.05, 4.69) is 71.1 Å². The number of hydrogen-bond donors (Lipinski definition) is 1. The monoisotopic (exact) mass is 1300 g/mol. The second-order valence-corrected chi connectivity index (χ2v) is 20.4. The normalized spacial score (nSPS) is 10.6. The van der Waals surface area contributed by atoms with Crippen LogP contribution >= 0.6 is 0 Å².